The lowest BCUT2D eigenvalue weighted by atomic mass is 10.1. The van der Waals surface area contributed by atoms with Gasteiger partial charge in [0.15, 0.2) is 0 Å². The molecule has 2 atom stereocenters. The summed E-state index contributed by atoms with van der Waals surface area (Å²) in [6.07, 6.45) is 4.13. The molecular weight excluding hydrogens is 180 g/mol. The zero-order valence-electron chi connectivity index (χ0n) is 9.24. The zero-order valence-corrected chi connectivity index (χ0v) is 9.24. The predicted octanol–water partition coefficient (Wildman–Crippen LogP) is 2.90. The largest absolute Gasteiger partial charge is 0.509 e. The molecule has 3 heteroatoms. The number of ether oxygens (including phenoxy) is 2. The first-order valence-electron chi connectivity index (χ1n) is 4.95. The van der Waals surface area contributed by atoms with Crippen molar-refractivity contribution in [1.29, 1.82) is 0 Å². The summed E-state index contributed by atoms with van der Waals surface area (Å²) in [6.45, 7) is 7.55. The second kappa shape index (κ2) is 4.03. The lowest BCUT2D eigenvalue weighted by molar-refractivity contribution is -0.0191. The van der Waals surface area contributed by atoms with Crippen LogP contribution in [0.15, 0.2) is 12.2 Å². The van der Waals surface area contributed by atoms with E-state index >= 15 is 0 Å². The van der Waals surface area contributed by atoms with Crippen molar-refractivity contribution in [2.45, 2.75) is 45.8 Å². The Kier molecular flexibility index (Phi) is 3.19. The van der Waals surface area contributed by atoms with E-state index in [0.717, 1.165) is 6.42 Å². The number of hydrogen-bond acceptors (Lipinski definition) is 3. The SMILES string of the molecule is C[C@@H]1C=C[C@H](OC(=O)OC(C)(C)C)C1. The van der Waals surface area contributed by atoms with Crippen molar-refractivity contribution < 1.29 is 14.3 Å². The van der Waals surface area contributed by atoms with E-state index < -0.39 is 11.8 Å². The Balaban J connectivity index is 2.32. The Labute approximate surface area is 85.1 Å². The van der Waals surface area contributed by atoms with Gasteiger partial charge in [0, 0.05) is 0 Å². The third-order valence-electron chi connectivity index (χ3n) is 1.90. The Morgan fingerprint density at radius 2 is 2.00 bits per heavy atom. The molecule has 0 N–H and O–H groups in total. The molecule has 0 saturated carbocycles. The van der Waals surface area contributed by atoms with Gasteiger partial charge in [-0.1, -0.05) is 13.0 Å². The van der Waals surface area contributed by atoms with E-state index in [1.165, 1.54) is 0 Å². The van der Waals surface area contributed by atoms with E-state index in [2.05, 4.69) is 13.0 Å². The Hall–Kier alpha value is -0.990. The first kappa shape index (κ1) is 11.1. The van der Waals surface area contributed by atoms with Crippen molar-refractivity contribution >= 4 is 6.16 Å². The molecule has 0 bridgehead atoms. The first-order valence-corrected chi connectivity index (χ1v) is 4.95. The molecule has 0 heterocycles. The van der Waals surface area contributed by atoms with E-state index in [1.54, 1.807) is 0 Å². The highest BCUT2D eigenvalue weighted by Crippen LogP contribution is 2.20. The number of rotatable bonds is 1. The first-order chi connectivity index (χ1) is 6.37. The highest BCUT2D eigenvalue weighted by Gasteiger charge is 2.23. The van der Waals surface area contributed by atoms with Crippen molar-refractivity contribution in [3.8, 4) is 0 Å². The van der Waals surface area contributed by atoms with Gasteiger partial charge in [0.25, 0.3) is 0 Å². The summed E-state index contributed by atoms with van der Waals surface area (Å²) in [4.78, 5) is 11.2. The van der Waals surface area contributed by atoms with E-state index in [0.29, 0.717) is 5.92 Å². The second-order valence-corrected chi connectivity index (χ2v) is 4.72. The van der Waals surface area contributed by atoms with Crippen LogP contribution >= 0.6 is 0 Å². The Morgan fingerprint density at radius 3 is 2.43 bits per heavy atom. The number of allylic oxidation sites excluding steroid dienone is 1. The molecule has 0 saturated heterocycles. The van der Waals surface area contributed by atoms with Gasteiger partial charge >= 0.3 is 6.16 Å². The Morgan fingerprint density at radius 1 is 1.36 bits per heavy atom. The van der Waals surface area contributed by atoms with Crippen LogP contribution < -0.4 is 0 Å². The Bertz CT molecular complexity index is 237. The molecule has 1 aliphatic rings. The molecule has 1 rings (SSSR count). The summed E-state index contributed by atoms with van der Waals surface area (Å²) >= 11 is 0. The molecule has 14 heavy (non-hydrogen) atoms. The molecule has 0 aliphatic heterocycles. The molecule has 0 aromatic heterocycles. The van der Waals surface area contributed by atoms with E-state index in [-0.39, 0.29) is 6.10 Å². The zero-order chi connectivity index (χ0) is 10.8. The summed E-state index contributed by atoms with van der Waals surface area (Å²) in [5.74, 6) is 0.488. The minimum atomic E-state index is -0.582. The van der Waals surface area contributed by atoms with Crippen molar-refractivity contribution in [2.75, 3.05) is 0 Å². The van der Waals surface area contributed by atoms with Gasteiger partial charge in [-0.3, -0.25) is 0 Å². The maximum absolute atomic E-state index is 11.2. The molecule has 80 valence electrons. The van der Waals surface area contributed by atoms with Crippen molar-refractivity contribution in [3.63, 3.8) is 0 Å². The fourth-order valence-corrected chi connectivity index (χ4v) is 1.32. The van der Waals surface area contributed by atoms with Crippen LogP contribution in [0.25, 0.3) is 0 Å². The van der Waals surface area contributed by atoms with Gasteiger partial charge in [0.2, 0.25) is 0 Å². The van der Waals surface area contributed by atoms with Gasteiger partial charge in [0.05, 0.1) is 0 Å². The third-order valence-corrected chi connectivity index (χ3v) is 1.90. The number of carbonyl (C=O) groups is 1. The summed E-state index contributed by atoms with van der Waals surface area (Å²) in [5.41, 5.74) is -0.481. The molecule has 0 spiro atoms. The van der Waals surface area contributed by atoms with Crippen LogP contribution in [-0.2, 0) is 9.47 Å². The van der Waals surface area contributed by atoms with Crippen LogP contribution in [0.4, 0.5) is 4.79 Å². The van der Waals surface area contributed by atoms with Crippen LogP contribution in [0.1, 0.15) is 34.1 Å². The highest BCUT2D eigenvalue weighted by atomic mass is 16.7. The van der Waals surface area contributed by atoms with Crippen LogP contribution in [0.2, 0.25) is 0 Å². The normalized spacial score (nSPS) is 26.3. The quantitative estimate of drug-likeness (QED) is 0.480. The average molecular weight is 198 g/mol. The fraction of sp³-hybridized carbons (Fsp3) is 0.727. The fourth-order valence-electron chi connectivity index (χ4n) is 1.32. The lowest BCUT2D eigenvalue weighted by Crippen LogP contribution is -2.26. The maximum atomic E-state index is 11.2. The van der Waals surface area contributed by atoms with E-state index in [1.807, 2.05) is 26.8 Å². The molecule has 0 amide bonds. The molecule has 0 aromatic rings. The second-order valence-electron chi connectivity index (χ2n) is 4.72. The number of hydrogen-bond donors (Lipinski definition) is 0. The minimum absolute atomic E-state index is 0.111. The maximum Gasteiger partial charge on any atom is 0.509 e. The van der Waals surface area contributed by atoms with E-state index in [9.17, 15) is 4.79 Å². The number of carbonyl (C=O) groups excluding carboxylic acids is 1. The van der Waals surface area contributed by atoms with E-state index in [4.69, 9.17) is 9.47 Å². The van der Waals surface area contributed by atoms with Gasteiger partial charge in [-0.25, -0.2) is 4.79 Å². The van der Waals surface area contributed by atoms with Gasteiger partial charge < -0.3 is 9.47 Å². The monoisotopic (exact) mass is 198 g/mol. The van der Waals surface area contributed by atoms with Gasteiger partial charge in [-0.2, -0.15) is 0 Å². The third kappa shape index (κ3) is 3.81. The molecule has 0 aromatic carbocycles. The predicted molar refractivity (Wildman–Crippen MR) is 54.0 cm³/mol. The van der Waals surface area contributed by atoms with Gasteiger partial charge in [-0.05, 0) is 39.2 Å². The molecule has 3 nitrogen and oxygen atoms in total. The lowest BCUT2D eigenvalue weighted by Gasteiger charge is -2.20. The molecule has 0 radical (unpaired) electrons. The molecule has 0 unspecified atom stereocenters. The van der Waals surface area contributed by atoms with Crippen LogP contribution in [-0.4, -0.2) is 17.9 Å². The van der Waals surface area contributed by atoms with Crippen molar-refractivity contribution in [3.05, 3.63) is 12.2 Å². The van der Waals surface area contributed by atoms with Crippen LogP contribution in [0, 0.1) is 5.92 Å². The molecular formula is C11H18O3. The van der Waals surface area contributed by atoms with Gasteiger partial charge in [0.1, 0.15) is 11.7 Å². The molecule has 0 fully saturated rings. The van der Waals surface area contributed by atoms with Crippen LogP contribution in [0.3, 0.4) is 0 Å². The topological polar surface area (TPSA) is 35.5 Å². The van der Waals surface area contributed by atoms with Gasteiger partial charge in [-0.15, -0.1) is 0 Å². The smallest absolute Gasteiger partial charge is 0.429 e. The standard InChI is InChI=1S/C11H18O3/c1-8-5-6-9(7-8)13-10(12)14-11(2,3)4/h5-6,8-9H,7H2,1-4H3/t8-,9+/m1/s1. The minimum Gasteiger partial charge on any atom is -0.429 e. The van der Waals surface area contributed by atoms with Crippen molar-refractivity contribution in [1.82, 2.24) is 0 Å². The summed E-state index contributed by atoms with van der Waals surface area (Å²) in [5, 5.41) is 0. The molecule has 1 aliphatic carbocycles. The highest BCUT2D eigenvalue weighted by molar-refractivity contribution is 5.61. The van der Waals surface area contributed by atoms with Crippen LogP contribution in [0.5, 0.6) is 0 Å². The average Bonchev–Trinajstić information content (AvgIpc) is 2.30. The van der Waals surface area contributed by atoms with Crippen molar-refractivity contribution in [2.24, 2.45) is 5.92 Å². The summed E-state index contributed by atoms with van der Waals surface area (Å²) < 4.78 is 10.1. The summed E-state index contributed by atoms with van der Waals surface area (Å²) in [6, 6.07) is 0. The summed E-state index contributed by atoms with van der Waals surface area (Å²) in [7, 11) is 0.